The van der Waals surface area contributed by atoms with Crippen molar-refractivity contribution in [3.05, 3.63) is 35.4 Å². The monoisotopic (exact) mass is 261 g/mol. The molecule has 0 saturated heterocycles. The fraction of sp³-hybridized carbons (Fsp3) is 0.429. The molecule has 0 heterocycles. The quantitative estimate of drug-likeness (QED) is 0.701. The van der Waals surface area contributed by atoms with Gasteiger partial charge in [0.25, 0.3) is 0 Å². The van der Waals surface area contributed by atoms with Crippen molar-refractivity contribution in [2.75, 3.05) is 13.1 Å². The summed E-state index contributed by atoms with van der Waals surface area (Å²) in [6.45, 7) is 4.21. The number of nitrogens with two attached hydrogens (primary N) is 1. The van der Waals surface area contributed by atoms with Gasteiger partial charge in [0.15, 0.2) is 0 Å². The van der Waals surface area contributed by atoms with Crippen molar-refractivity contribution in [3.8, 4) is 6.07 Å². The summed E-state index contributed by atoms with van der Waals surface area (Å²) in [4.78, 5) is 11.1. The maximum atomic E-state index is 11.1. The zero-order chi connectivity index (χ0) is 14.5. The summed E-state index contributed by atoms with van der Waals surface area (Å²) in [6.07, 6.45) is -0.684. The molecular weight excluding hydrogens is 242 g/mol. The molecule has 1 rings (SSSR count). The minimum Gasteiger partial charge on any atom is -0.387 e. The first-order valence-electron chi connectivity index (χ1n) is 6.05. The predicted octanol–water partition coefficient (Wildman–Crippen LogP) is 0.693. The van der Waals surface area contributed by atoms with Crippen molar-refractivity contribution >= 4 is 5.91 Å². The number of rotatable bonds is 6. The van der Waals surface area contributed by atoms with Crippen LogP contribution in [0, 0.1) is 16.7 Å². The number of amides is 1. The van der Waals surface area contributed by atoms with E-state index in [1.165, 1.54) is 0 Å². The van der Waals surface area contributed by atoms with E-state index in [4.69, 9.17) is 11.0 Å². The number of benzene rings is 1. The van der Waals surface area contributed by atoms with Gasteiger partial charge >= 0.3 is 0 Å². The van der Waals surface area contributed by atoms with Gasteiger partial charge in [-0.3, -0.25) is 4.79 Å². The van der Waals surface area contributed by atoms with Crippen LogP contribution in [-0.4, -0.2) is 24.1 Å². The van der Waals surface area contributed by atoms with Gasteiger partial charge in [-0.15, -0.1) is 0 Å². The second-order valence-electron chi connectivity index (χ2n) is 5.13. The van der Waals surface area contributed by atoms with E-state index in [2.05, 4.69) is 5.32 Å². The van der Waals surface area contributed by atoms with Crippen LogP contribution >= 0.6 is 0 Å². The third-order valence-electron chi connectivity index (χ3n) is 3.00. The van der Waals surface area contributed by atoms with E-state index in [9.17, 15) is 9.90 Å². The third-order valence-corrected chi connectivity index (χ3v) is 3.00. The Hall–Kier alpha value is -1.90. The smallest absolute Gasteiger partial charge is 0.224 e. The van der Waals surface area contributed by atoms with Crippen molar-refractivity contribution in [3.63, 3.8) is 0 Å². The molecule has 1 aromatic rings. The van der Waals surface area contributed by atoms with Crippen molar-refractivity contribution in [1.82, 2.24) is 5.32 Å². The Kier molecular flexibility index (Phi) is 5.04. The summed E-state index contributed by atoms with van der Waals surface area (Å²) in [7, 11) is 0. The van der Waals surface area contributed by atoms with E-state index in [0.717, 1.165) is 5.56 Å². The van der Waals surface area contributed by atoms with Crippen molar-refractivity contribution in [2.24, 2.45) is 11.1 Å². The SMILES string of the molecule is CC(C)(CNCC(O)c1ccc(C#N)cc1)C(N)=O. The number of primary amides is 1. The van der Waals surface area contributed by atoms with Crippen LogP contribution in [0.3, 0.4) is 0 Å². The molecule has 0 aromatic heterocycles. The lowest BCUT2D eigenvalue weighted by molar-refractivity contribution is -0.125. The molecule has 19 heavy (non-hydrogen) atoms. The first kappa shape index (κ1) is 15.2. The molecule has 0 spiro atoms. The van der Waals surface area contributed by atoms with Crippen LogP contribution in [0.1, 0.15) is 31.1 Å². The van der Waals surface area contributed by atoms with E-state index >= 15 is 0 Å². The number of nitriles is 1. The lowest BCUT2D eigenvalue weighted by Gasteiger charge is -2.22. The summed E-state index contributed by atoms with van der Waals surface area (Å²) in [6, 6.07) is 8.76. The molecule has 0 bridgehead atoms. The van der Waals surface area contributed by atoms with Crippen LogP contribution in [0.4, 0.5) is 0 Å². The van der Waals surface area contributed by atoms with Crippen LogP contribution in [0.2, 0.25) is 0 Å². The van der Waals surface area contributed by atoms with E-state index < -0.39 is 11.5 Å². The summed E-state index contributed by atoms with van der Waals surface area (Å²) >= 11 is 0. The van der Waals surface area contributed by atoms with Crippen molar-refractivity contribution < 1.29 is 9.90 Å². The number of nitrogens with zero attached hydrogens (tertiary/aromatic N) is 1. The molecule has 0 aliphatic heterocycles. The molecule has 1 aromatic carbocycles. The van der Waals surface area contributed by atoms with Gasteiger partial charge in [0.2, 0.25) is 5.91 Å². The highest BCUT2D eigenvalue weighted by molar-refractivity contribution is 5.80. The highest BCUT2D eigenvalue weighted by Crippen LogP contribution is 2.15. The Balaban J connectivity index is 2.49. The molecule has 4 N–H and O–H groups in total. The molecule has 0 radical (unpaired) electrons. The Labute approximate surface area is 113 Å². The molecule has 0 saturated carbocycles. The molecule has 0 aliphatic carbocycles. The number of aliphatic hydroxyl groups excluding tert-OH is 1. The summed E-state index contributed by atoms with van der Waals surface area (Å²) in [5, 5.41) is 21.7. The fourth-order valence-electron chi connectivity index (χ4n) is 1.51. The lowest BCUT2D eigenvalue weighted by Crippen LogP contribution is -2.41. The van der Waals surface area contributed by atoms with E-state index in [1.54, 1.807) is 38.1 Å². The molecule has 102 valence electrons. The number of carbonyl (C=O) groups excluding carboxylic acids is 1. The molecule has 0 fully saturated rings. The normalized spacial score (nSPS) is 12.7. The maximum Gasteiger partial charge on any atom is 0.224 e. The lowest BCUT2D eigenvalue weighted by atomic mass is 9.92. The van der Waals surface area contributed by atoms with Crippen LogP contribution in [0.15, 0.2) is 24.3 Å². The fourth-order valence-corrected chi connectivity index (χ4v) is 1.51. The average Bonchev–Trinajstić information content (AvgIpc) is 2.38. The van der Waals surface area contributed by atoms with Gasteiger partial charge in [-0.25, -0.2) is 0 Å². The van der Waals surface area contributed by atoms with Gasteiger partial charge in [-0.1, -0.05) is 12.1 Å². The van der Waals surface area contributed by atoms with Gasteiger partial charge in [-0.2, -0.15) is 5.26 Å². The molecule has 1 atom stereocenters. The Morgan fingerprint density at radius 1 is 1.47 bits per heavy atom. The van der Waals surface area contributed by atoms with Crippen molar-refractivity contribution in [1.29, 1.82) is 5.26 Å². The van der Waals surface area contributed by atoms with Crippen LogP contribution in [0.25, 0.3) is 0 Å². The second-order valence-corrected chi connectivity index (χ2v) is 5.13. The highest BCUT2D eigenvalue weighted by Gasteiger charge is 2.24. The maximum absolute atomic E-state index is 11.1. The Bertz CT molecular complexity index is 474. The molecule has 0 aliphatic rings. The minimum atomic E-state index is -0.684. The zero-order valence-corrected chi connectivity index (χ0v) is 11.2. The molecule has 1 amide bonds. The number of aliphatic hydroxyl groups is 1. The number of hydrogen-bond donors (Lipinski definition) is 3. The molecule has 5 nitrogen and oxygen atoms in total. The second kappa shape index (κ2) is 6.32. The predicted molar refractivity (Wildman–Crippen MR) is 72.0 cm³/mol. The summed E-state index contributed by atoms with van der Waals surface area (Å²) in [5.41, 5.74) is 5.89. The van der Waals surface area contributed by atoms with Crippen LogP contribution < -0.4 is 11.1 Å². The van der Waals surface area contributed by atoms with E-state index in [-0.39, 0.29) is 5.91 Å². The van der Waals surface area contributed by atoms with Gasteiger partial charge in [0.05, 0.1) is 23.2 Å². The van der Waals surface area contributed by atoms with Gasteiger partial charge in [0.1, 0.15) is 0 Å². The van der Waals surface area contributed by atoms with Gasteiger partial charge in [-0.05, 0) is 31.5 Å². The zero-order valence-electron chi connectivity index (χ0n) is 11.2. The number of nitrogens with one attached hydrogen (secondary N) is 1. The highest BCUT2D eigenvalue weighted by atomic mass is 16.3. The number of hydrogen-bond acceptors (Lipinski definition) is 4. The van der Waals surface area contributed by atoms with Gasteiger partial charge < -0.3 is 16.2 Å². The standard InChI is InChI=1S/C14H19N3O2/c1-14(2,13(16)19)9-17-8-12(18)11-5-3-10(7-15)4-6-11/h3-6,12,17-18H,8-9H2,1-2H3,(H2,16,19). The largest absolute Gasteiger partial charge is 0.387 e. The summed E-state index contributed by atoms with van der Waals surface area (Å²) in [5.74, 6) is -0.382. The third kappa shape index (κ3) is 4.36. The first-order chi connectivity index (χ1) is 8.86. The summed E-state index contributed by atoms with van der Waals surface area (Å²) < 4.78 is 0. The molecule has 5 heteroatoms. The number of carbonyl (C=O) groups is 1. The van der Waals surface area contributed by atoms with Crippen LogP contribution in [-0.2, 0) is 4.79 Å². The van der Waals surface area contributed by atoms with Crippen LogP contribution in [0.5, 0.6) is 0 Å². The molecule has 1 unspecified atom stereocenters. The minimum absolute atomic E-state index is 0.322. The van der Waals surface area contributed by atoms with Crippen molar-refractivity contribution in [2.45, 2.75) is 20.0 Å². The Morgan fingerprint density at radius 2 is 2.05 bits per heavy atom. The van der Waals surface area contributed by atoms with E-state index in [0.29, 0.717) is 18.7 Å². The topological polar surface area (TPSA) is 99.1 Å². The van der Waals surface area contributed by atoms with E-state index in [1.807, 2.05) is 6.07 Å². The first-order valence-corrected chi connectivity index (χ1v) is 6.05. The van der Waals surface area contributed by atoms with Gasteiger partial charge in [0, 0.05) is 13.1 Å². The average molecular weight is 261 g/mol. The Morgan fingerprint density at radius 3 is 2.53 bits per heavy atom. The molecular formula is C14H19N3O2.